The Kier molecular flexibility index (Phi) is 3.51. The lowest BCUT2D eigenvalue weighted by Gasteiger charge is -2.03. The number of carbonyl (C=O) groups excluding carboxylic acids is 1. The fourth-order valence-electron chi connectivity index (χ4n) is 2.00. The van der Waals surface area contributed by atoms with E-state index < -0.39 is 0 Å². The van der Waals surface area contributed by atoms with E-state index in [2.05, 4.69) is 10.4 Å². The second-order valence-electron chi connectivity index (χ2n) is 4.83. The van der Waals surface area contributed by atoms with E-state index >= 15 is 0 Å². The molecule has 0 radical (unpaired) electrons. The van der Waals surface area contributed by atoms with E-state index in [0.29, 0.717) is 5.56 Å². The molecule has 0 aliphatic rings. The summed E-state index contributed by atoms with van der Waals surface area (Å²) in [5, 5.41) is 7.08. The van der Waals surface area contributed by atoms with Crippen LogP contribution in [0.3, 0.4) is 0 Å². The van der Waals surface area contributed by atoms with Crippen molar-refractivity contribution in [3.63, 3.8) is 0 Å². The Morgan fingerprint density at radius 1 is 1.05 bits per heavy atom. The second kappa shape index (κ2) is 5.63. The number of nitrogens with zero attached hydrogens (tertiary/aromatic N) is 2. The lowest BCUT2D eigenvalue weighted by atomic mass is 10.2. The predicted octanol–water partition coefficient (Wildman–Crippen LogP) is 3.43. The molecule has 0 aliphatic carbocycles. The van der Waals surface area contributed by atoms with Gasteiger partial charge in [0, 0.05) is 11.9 Å². The number of benzene rings is 2. The van der Waals surface area contributed by atoms with Gasteiger partial charge in [-0.05, 0) is 31.2 Å². The molecule has 3 aromatic rings. The molecule has 0 fully saturated rings. The number of hydrogen-bond donors (Lipinski definition) is 1. The smallest absolute Gasteiger partial charge is 0.258 e. The molecule has 0 aliphatic heterocycles. The Labute approximate surface area is 123 Å². The molecule has 0 bridgehead atoms. The average molecular weight is 277 g/mol. The number of aryl methyl sites for hydroxylation is 1. The molecule has 1 aromatic heterocycles. The van der Waals surface area contributed by atoms with Gasteiger partial charge < -0.3 is 5.32 Å². The predicted molar refractivity (Wildman–Crippen MR) is 82.7 cm³/mol. The monoisotopic (exact) mass is 277 g/mol. The molecule has 4 heteroatoms. The van der Waals surface area contributed by atoms with Crippen LogP contribution in [0.1, 0.15) is 15.9 Å². The first-order valence-corrected chi connectivity index (χ1v) is 6.70. The van der Waals surface area contributed by atoms with Gasteiger partial charge in [0.1, 0.15) is 0 Å². The lowest BCUT2D eigenvalue weighted by Crippen LogP contribution is -2.10. The maximum Gasteiger partial charge on any atom is 0.258 e. The second-order valence-corrected chi connectivity index (χ2v) is 4.83. The van der Waals surface area contributed by atoms with Crippen molar-refractivity contribution in [3.05, 3.63) is 78.1 Å². The Balaban J connectivity index is 1.77. The Morgan fingerprint density at radius 3 is 2.48 bits per heavy atom. The first-order chi connectivity index (χ1) is 10.2. The van der Waals surface area contributed by atoms with Gasteiger partial charge >= 0.3 is 0 Å². The molecule has 1 N–H and O–H groups in total. The molecular weight excluding hydrogens is 262 g/mol. The zero-order chi connectivity index (χ0) is 14.7. The Morgan fingerprint density at radius 2 is 1.76 bits per heavy atom. The minimum absolute atomic E-state index is 0.166. The number of carbonyl (C=O) groups is 1. The van der Waals surface area contributed by atoms with E-state index in [9.17, 15) is 4.79 Å². The van der Waals surface area contributed by atoms with Gasteiger partial charge in [-0.25, -0.2) is 4.68 Å². The van der Waals surface area contributed by atoms with Crippen LogP contribution >= 0.6 is 0 Å². The van der Waals surface area contributed by atoms with Crippen LogP contribution in [0.25, 0.3) is 5.69 Å². The quantitative estimate of drug-likeness (QED) is 0.797. The van der Waals surface area contributed by atoms with Crippen molar-refractivity contribution in [1.82, 2.24) is 9.78 Å². The van der Waals surface area contributed by atoms with Crippen LogP contribution in [-0.2, 0) is 0 Å². The van der Waals surface area contributed by atoms with Gasteiger partial charge in [0.15, 0.2) is 0 Å². The van der Waals surface area contributed by atoms with E-state index in [-0.39, 0.29) is 5.91 Å². The van der Waals surface area contributed by atoms with Crippen molar-refractivity contribution in [2.75, 3.05) is 5.32 Å². The molecule has 0 atom stereocenters. The van der Waals surface area contributed by atoms with Crippen molar-refractivity contribution >= 4 is 11.6 Å². The van der Waals surface area contributed by atoms with Gasteiger partial charge in [0.05, 0.1) is 17.4 Å². The fraction of sp³-hybridized carbons (Fsp3) is 0.0588. The summed E-state index contributed by atoms with van der Waals surface area (Å²) < 4.78 is 1.68. The van der Waals surface area contributed by atoms with Crippen LogP contribution in [-0.4, -0.2) is 15.7 Å². The third-order valence-corrected chi connectivity index (χ3v) is 3.17. The van der Waals surface area contributed by atoms with Crippen molar-refractivity contribution in [2.24, 2.45) is 0 Å². The highest BCUT2D eigenvalue weighted by molar-refractivity contribution is 6.03. The summed E-state index contributed by atoms with van der Waals surface area (Å²) in [6, 6.07) is 17.4. The van der Waals surface area contributed by atoms with Crippen molar-refractivity contribution in [1.29, 1.82) is 0 Å². The maximum absolute atomic E-state index is 12.2. The highest BCUT2D eigenvalue weighted by atomic mass is 16.1. The van der Waals surface area contributed by atoms with E-state index in [1.165, 1.54) is 0 Å². The molecule has 4 nitrogen and oxygen atoms in total. The average Bonchev–Trinajstić information content (AvgIpc) is 3.00. The van der Waals surface area contributed by atoms with E-state index in [0.717, 1.165) is 16.9 Å². The molecule has 1 amide bonds. The van der Waals surface area contributed by atoms with Crippen molar-refractivity contribution < 1.29 is 4.79 Å². The number of nitrogens with one attached hydrogen (secondary N) is 1. The molecule has 1 heterocycles. The van der Waals surface area contributed by atoms with E-state index in [1.807, 2.05) is 61.5 Å². The first-order valence-electron chi connectivity index (χ1n) is 6.70. The number of hydrogen-bond acceptors (Lipinski definition) is 2. The Bertz CT molecular complexity index is 745. The Hall–Kier alpha value is -2.88. The molecule has 0 saturated carbocycles. The molecule has 3 rings (SSSR count). The molecule has 21 heavy (non-hydrogen) atoms. The van der Waals surface area contributed by atoms with Crippen LogP contribution in [0, 0.1) is 6.92 Å². The number of aromatic nitrogens is 2. The van der Waals surface area contributed by atoms with Gasteiger partial charge in [0.25, 0.3) is 5.91 Å². The molecule has 2 aromatic carbocycles. The van der Waals surface area contributed by atoms with Crippen molar-refractivity contribution in [3.8, 4) is 5.69 Å². The van der Waals surface area contributed by atoms with Crippen LogP contribution < -0.4 is 5.32 Å². The van der Waals surface area contributed by atoms with E-state index in [1.54, 1.807) is 17.1 Å². The minimum atomic E-state index is -0.166. The number of amides is 1. The summed E-state index contributed by atoms with van der Waals surface area (Å²) in [7, 11) is 0. The fourth-order valence-corrected chi connectivity index (χ4v) is 2.00. The molecule has 104 valence electrons. The summed E-state index contributed by atoms with van der Waals surface area (Å²) >= 11 is 0. The SMILES string of the molecule is Cc1ccc(NC(=O)c2cnn(-c3ccccc3)c2)cc1. The largest absolute Gasteiger partial charge is 0.322 e. The number of rotatable bonds is 3. The number of para-hydroxylation sites is 1. The van der Waals surface area contributed by atoms with Crippen LogP contribution in [0.5, 0.6) is 0 Å². The molecule has 0 unspecified atom stereocenters. The van der Waals surface area contributed by atoms with Gasteiger partial charge in [-0.1, -0.05) is 35.9 Å². The summed E-state index contributed by atoms with van der Waals surface area (Å²) in [6.07, 6.45) is 3.29. The van der Waals surface area contributed by atoms with Crippen molar-refractivity contribution in [2.45, 2.75) is 6.92 Å². The topological polar surface area (TPSA) is 46.9 Å². The maximum atomic E-state index is 12.2. The third kappa shape index (κ3) is 3.00. The van der Waals surface area contributed by atoms with E-state index in [4.69, 9.17) is 0 Å². The summed E-state index contributed by atoms with van der Waals surface area (Å²) in [6.45, 7) is 2.01. The lowest BCUT2D eigenvalue weighted by molar-refractivity contribution is 0.102. The minimum Gasteiger partial charge on any atom is -0.322 e. The summed E-state index contributed by atoms with van der Waals surface area (Å²) in [4.78, 5) is 12.2. The third-order valence-electron chi connectivity index (χ3n) is 3.17. The summed E-state index contributed by atoms with van der Waals surface area (Å²) in [5.41, 5.74) is 3.38. The van der Waals surface area contributed by atoms with Gasteiger partial charge in [0.2, 0.25) is 0 Å². The zero-order valence-electron chi connectivity index (χ0n) is 11.7. The molecule has 0 spiro atoms. The standard InChI is InChI=1S/C17H15N3O/c1-13-7-9-15(10-8-13)19-17(21)14-11-18-20(12-14)16-5-3-2-4-6-16/h2-12H,1H3,(H,19,21). The number of anilines is 1. The van der Waals surface area contributed by atoms with Gasteiger partial charge in [-0.3, -0.25) is 4.79 Å². The van der Waals surface area contributed by atoms with Crippen LogP contribution in [0.2, 0.25) is 0 Å². The van der Waals surface area contributed by atoms with Crippen LogP contribution in [0.4, 0.5) is 5.69 Å². The molecule has 0 saturated heterocycles. The highest BCUT2D eigenvalue weighted by Gasteiger charge is 2.09. The summed E-state index contributed by atoms with van der Waals surface area (Å²) in [5.74, 6) is -0.166. The highest BCUT2D eigenvalue weighted by Crippen LogP contribution is 2.12. The van der Waals surface area contributed by atoms with Crippen LogP contribution in [0.15, 0.2) is 67.0 Å². The molecular formula is C17H15N3O. The zero-order valence-corrected chi connectivity index (χ0v) is 11.7. The normalized spacial score (nSPS) is 10.3. The van der Waals surface area contributed by atoms with Gasteiger partial charge in [-0.2, -0.15) is 5.10 Å². The first kappa shape index (κ1) is 13.1. The van der Waals surface area contributed by atoms with Gasteiger partial charge in [-0.15, -0.1) is 0 Å².